The SMILES string of the molecule is C[C@@H](C(=O)NC1CCCCC1)N(Cc1ccc(Cl)c(Cl)c1)C(=O)CCCOc1ccc(Cl)cc1. The Bertz CT molecular complexity index is 962. The molecule has 184 valence electrons. The molecule has 2 aromatic rings. The van der Waals surface area contributed by atoms with Gasteiger partial charge in [0.15, 0.2) is 0 Å². The van der Waals surface area contributed by atoms with Crippen molar-refractivity contribution in [1.29, 1.82) is 0 Å². The third-order valence-electron chi connectivity index (χ3n) is 6.07. The van der Waals surface area contributed by atoms with E-state index in [1.54, 1.807) is 48.2 Å². The molecule has 1 N–H and O–H groups in total. The van der Waals surface area contributed by atoms with Gasteiger partial charge in [0, 0.05) is 24.0 Å². The average Bonchev–Trinajstić information content (AvgIpc) is 2.83. The number of nitrogens with zero attached hydrogens (tertiary/aromatic N) is 1. The molecule has 1 aliphatic carbocycles. The predicted octanol–water partition coefficient (Wildman–Crippen LogP) is 6.67. The van der Waals surface area contributed by atoms with Gasteiger partial charge in [0.1, 0.15) is 11.8 Å². The Labute approximate surface area is 216 Å². The van der Waals surface area contributed by atoms with Gasteiger partial charge in [-0.25, -0.2) is 0 Å². The molecule has 34 heavy (non-hydrogen) atoms. The number of halogens is 3. The second kappa shape index (κ2) is 13.2. The van der Waals surface area contributed by atoms with Crippen molar-refractivity contribution in [2.75, 3.05) is 6.61 Å². The molecule has 0 bridgehead atoms. The molecule has 1 saturated carbocycles. The zero-order valence-corrected chi connectivity index (χ0v) is 21.6. The van der Waals surface area contributed by atoms with Gasteiger partial charge in [-0.1, -0.05) is 60.1 Å². The first-order valence-electron chi connectivity index (χ1n) is 11.8. The molecule has 8 heteroatoms. The lowest BCUT2D eigenvalue weighted by atomic mass is 9.95. The Morgan fingerprint density at radius 2 is 1.74 bits per heavy atom. The second-order valence-corrected chi connectivity index (χ2v) is 9.95. The molecule has 0 heterocycles. The highest BCUT2D eigenvalue weighted by molar-refractivity contribution is 6.42. The summed E-state index contributed by atoms with van der Waals surface area (Å²) in [7, 11) is 0. The van der Waals surface area contributed by atoms with Crippen LogP contribution in [0.2, 0.25) is 15.1 Å². The van der Waals surface area contributed by atoms with Crippen LogP contribution in [0.25, 0.3) is 0 Å². The van der Waals surface area contributed by atoms with Crippen molar-refractivity contribution in [3.8, 4) is 5.75 Å². The van der Waals surface area contributed by atoms with Crippen LogP contribution in [0.3, 0.4) is 0 Å². The number of carbonyl (C=O) groups is 2. The molecule has 2 aromatic carbocycles. The number of hydrogen-bond acceptors (Lipinski definition) is 3. The third-order valence-corrected chi connectivity index (χ3v) is 7.06. The minimum atomic E-state index is -0.610. The summed E-state index contributed by atoms with van der Waals surface area (Å²) < 4.78 is 5.71. The number of carbonyl (C=O) groups excluding carboxylic acids is 2. The summed E-state index contributed by atoms with van der Waals surface area (Å²) in [6, 6.07) is 11.9. The van der Waals surface area contributed by atoms with E-state index in [0.29, 0.717) is 33.8 Å². The topological polar surface area (TPSA) is 58.6 Å². The molecule has 2 amide bonds. The number of amides is 2. The van der Waals surface area contributed by atoms with Crippen LogP contribution in [0.1, 0.15) is 57.4 Å². The van der Waals surface area contributed by atoms with Crippen LogP contribution in [0.5, 0.6) is 5.75 Å². The zero-order chi connectivity index (χ0) is 24.5. The smallest absolute Gasteiger partial charge is 0.242 e. The number of nitrogens with one attached hydrogen (secondary N) is 1. The van der Waals surface area contributed by atoms with Crippen molar-refractivity contribution in [2.45, 2.75) is 70.5 Å². The predicted molar refractivity (Wildman–Crippen MR) is 138 cm³/mol. The zero-order valence-electron chi connectivity index (χ0n) is 19.4. The van der Waals surface area contributed by atoms with E-state index < -0.39 is 6.04 Å². The van der Waals surface area contributed by atoms with E-state index >= 15 is 0 Å². The lowest BCUT2D eigenvalue weighted by Crippen LogP contribution is -2.50. The summed E-state index contributed by atoms with van der Waals surface area (Å²) in [6.07, 6.45) is 6.22. The summed E-state index contributed by atoms with van der Waals surface area (Å²) in [5.74, 6) is 0.458. The Balaban J connectivity index is 1.62. The monoisotopic (exact) mass is 524 g/mol. The van der Waals surface area contributed by atoms with Crippen LogP contribution in [-0.4, -0.2) is 35.4 Å². The maximum Gasteiger partial charge on any atom is 0.242 e. The van der Waals surface area contributed by atoms with E-state index in [-0.39, 0.29) is 30.8 Å². The highest BCUT2D eigenvalue weighted by atomic mass is 35.5. The van der Waals surface area contributed by atoms with Crippen LogP contribution in [0, 0.1) is 0 Å². The molecule has 0 unspecified atom stereocenters. The number of benzene rings is 2. The van der Waals surface area contributed by atoms with Crippen LogP contribution < -0.4 is 10.1 Å². The van der Waals surface area contributed by atoms with Crippen LogP contribution in [0.15, 0.2) is 42.5 Å². The standard InChI is InChI=1S/C26H31Cl3N2O3/c1-18(26(33)30-21-6-3-2-4-7-21)31(17-19-9-14-23(28)24(29)16-19)25(32)8-5-15-34-22-12-10-20(27)11-13-22/h9-14,16,18,21H,2-8,15,17H2,1H3,(H,30,33)/t18-/m0/s1. The normalized spacial score (nSPS) is 14.9. The molecule has 0 aliphatic heterocycles. The van der Waals surface area contributed by atoms with Gasteiger partial charge in [0.25, 0.3) is 0 Å². The van der Waals surface area contributed by atoms with Gasteiger partial charge in [0.2, 0.25) is 11.8 Å². The fourth-order valence-electron chi connectivity index (χ4n) is 4.07. The quantitative estimate of drug-likeness (QED) is 0.352. The van der Waals surface area contributed by atoms with Gasteiger partial charge in [-0.05, 0) is 68.1 Å². The van der Waals surface area contributed by atoms with Crippen LogP contribution in [0.4, 0.5) is 0 Å². The number of ether oxygens (including phenoxy) is 1. The van der Waals surface area contributed by atoms with Crippen molar-refractivity contribution in [3.05, 3.63) is 63.1 Å². The first-order valence-corrected chi connectivity index (χ1v) is 12.9. The fraction of sp³-hybridized carbons (Fsp3) is 0.462. The first-order chi connectivity index (χ1) is 16.3. The van der Waals surface area contributed by atoms with Crippen molar-refractivity contribution in [2.24, 2.45) is 0 Å². The number of hydrogen-bond donors (Lipinski definition) is 1. The van der Waals surface area contributed by atoms with E-state index in [2.05, 4.69) is 5.32 Å². The molecular weight excluding hydrogens is 495 g/mol. The molecule has 1 fully saturated rings. The maximum absolute atomic E-state index is 13.2. The van der Waals surface area contributed by atoms with Gasteiger partial charge in [0.05, 0.1) is 16.7 Å². The van der Waals surface area contributed by atoms with E-state index in [4.69, 9.17) is 39.5 Å². The van der Waals surface area contributed by atoms with Crippen LogP contribution in [-0.2, 0) is 16.1 Å². The van der Waals surface area contributed by atoms with Gasteiger partial charge in [-0.2, -0.15) is 0 Å². The Kier molecular flexibility index (Phi) is 10.4. The molecule has 3 rings (SSSR count). The molecule has 0 radical (unpaired) electrons. The Morgan fingerprint density at radius 3 is 2.41 bits per heavy atom. The molecule has 0 saturated heterocycles. The molecule has 1 atom stereocenters. The van der Waals surface area contributed by atoms with Crippen molar-refractivity contribution in [3.63, 3.8) is 0 Å². The van der Waals surface area contributed by atoms with Crippen molar-refractivity contribution in [1.82, 2.24) is 10.2 Å². The van der Waals surface area contributed by atoms with Gasteiger partial charge in [-0.15, -0.1) is 0 Å². The van der Waals surface area contributed by atoms with Gasteiger partial charge >= 0.3 is 0 Å². The summed E-state index contributed by atoms with van der Waals surface area (Å²) >= 11 is 18.1. The highest BCUT2D eigenvalue weighted by Crippen LogP contribution is 2.24. The van der Waals surface area contributed by atoms with Gasteiger partial charge in [-0.3, -0.25) is 9.59 Å². The Hall–Kier alpha value is -1.95. The summed E-state index contributed by atoms with van der Waals surface area (Å²) in [5, 5.41) is 4.65. The molecular formula is C26H31Cl3N2O3. The molecule has 0 aromatic heterocycles. The lowest BCUT2D eigenvalue weighted by molar-refractivity contribution is -0.141. The van der Waals surface area contributed by atoms with Gasteiger partial charge < -0.3 is 15.0 Å². The van der Waals surface area contributed by atoms with E-state index in [9.17, 15) is 9.59 Å². The first kappa shape index (κ1) is 26.7. The van der Waals surface area contributed by atoms with E-state index in [1.807, 2.05) is 6.07 Å². The average molecular weight is 526 g/mol. The number of rotatable bonds is 10. The van der Waals surface area contributed by atoms with E-state index in [0.717, 1.165) is 31.2 Å². The van der Waals surface area contributed by atoms with Crippen molar-refractivity contribution >= 4 is 46.6 Å². The summed E-state index contributed by atoms with van der Waals surface area (Å²) in [5.41, 5.74) is 0.817. The van der Waals surface area contributed by atoms with Crippen molar-refractivity contribution < 1.29 is 14.3 Å². The minimum absolute atomic E-state index is 0.114. The summed E-state index contributed by atoms with van der Waals surface area (Å²) in [6.45, 7) is 2.43. The molecule has 1 aliphatic rings. The largest absolute Gasteiger partial charge is 0.494 e. The maximum atomic E-state index is 13.2. The Morgan fingerprint density at radius 1 is 1.03 bits per heavy atom. The lowest BCUT2D eigenvalue weighted by Gasteiger charge is -2.31. The van der Waals surface area contributed by atoms with E-state index in [1.165, 1.54) is 6.42 Å². The molecule has 0 spiro atoms. The molecule has 5 nitrogen and oxygen atoms in total. The summed E-state index contributed by atoms with van der Waals surface area (Å²) in [4.78, 5) is 27.8. The second-order valence-electron chi connectivity index (χ2n) is 8.70. The fourth-order valence-corrected chi connectivity index (χ4v) is 4.52. The third kappa shape index (κ3) is 8.07. The minimum Gasteiger partial charge on any atom is -0.494 e. The van der Waals surface area contributed by atoms with Crippen LogP contribution >= 0.6 is 34.8 Å². The highest BCUT2D eigenvalue weighted by Gasteiger charge is 2.28.